The third kappa shape index (κ3) is 9.51. The molecular formula is C11H22N2O2. The van der Waals surface area contributed by atoms with E-state index in [9.17, 15) is 0 Å². The highest BCUT2D eigenvalue weighted by molar-refractivity contribution is 4.66. The maximum Gasteiger partial charge on any atom is 0.176 e. The monoisotopic (exact) mass is 214 g/mol. The van der Waals surface area contributed by atoms with Crippen molar-refractivity contribution in [1.29, 1.82) is 5.26 Å². The zero-order valence-corrected chi connectivity index (χ0v) is 10.1. The van der Waals surface area contributed by atoms with Crippen LogP contribution in [0.25, 0.3) is 0 Å². The summed E-state index contributed by atoms with van der Waals surface area (Å²) >= 11 is 0. The molecule has 0 aromatic rings. The Balaban J connectivity index is 3.79. The number of nitriles is 1. The van der Waals surface area contributed by atoms with Crippen molar-refractivity contribution >= 4 is 0 Å². The summed E-state index contributed by atoms with van der Waals surface area (Å²) in [5, 5.41) is 10.9. The molecule has 0 atom stereocenters. The first-order chi connectivity index (χ1) is 7.06. The van der Waals surface area contributed by atoms with E-state index < -0.39 is 0 Å². The van der Waals surface area contributed by atoms with Crippen molar-refractivity contribution in [2.45, 2.75) is 34.0 Å². The smallest absolute Gasteiger partial charge is 0.176 e. The Bertz CT molecular complexity index is 176. The summed E-state index contributed by atoms with van der Waals surface area (Å²) in [6.45, 7) is 10.0. The molecule has 0 aliphatic carbocycles. The standard InChI is InChI=1S/C11H22N2O2/c1-9(2)6-14-11(5-13-8-12)15-7-10(3)4/h9-11,13H,5-7H2,1-4H3. The van der Waals surface area contributed by atoms with Crippen LogP contribution >= 0.6 is 0 Å². The number of rotatable bonds is 8. The summed E-state index contributed by atoms with van der Waals surface area (Å²) in [6, 6.07) is 0. The molecule has 0 spiro atoms. The fraction of sp³-hybridized carbons (Fsp3) is 0.909. The van der Waals surface area contributed by atoms with Crippen LogP contribution in [0.4, 0.5) is 0 Å². The maximum absolute atomic E-state index is 8.40. The Morgan fingerprint density at radius 1 is 1.07 bits per heavy atom. The molecule has 0 fully saturated rings. The molecule has 0 amide bonds. The van der Waals surface area contributed by atoms with Crippen LogP contribution in [0.15, 0.2) is 0 Å². The topological polar surface area (TPSA) is 54.3 Å². The largest absolute Gasteiger partial charge is 0.350 e. The van der Waals surface area contributed by atoms with Crippen LogP contribution in [-0.4, -0.2) is 26.0 Å². The Morgan fingerprint density at radius 3 is 1.87 bits per heavy atom. The van der Waals surface area contributed by atoms with Gasteiger partial charge in [0.2, 0.25) is 0 Å². The summed E-state index contributed by atoms with van der Waals surface area (Å²) in [5.74, 6) is 0.939. The predicted molar refractivity (Wildman–Crippen MR) is 59.0 cm³/mol. The highest BCUT2D eigenvalue weighted by Crippen LogP contribution is 2.02. The minimum absolute atomic E-state index is 0.325. The summed E-state index contributed by atoms with van der Waals surface area (Å²) in [7, 11) is 0. The lowest BCUT2D eigenvalue weighted by molar-refractivity contribution is -0.149. The molecule has 1 N–H and O–H groups in total. The molecule has 0 heterocycles. The Hall–Kier alpha value is -0.790. The van der Waals surface area contributed by atoms with Gasteiger partial charge in [-0.15, -0.1) is 0 Å². The molecule has 0 aromatic heterocycles. The molecule has 0 rings (SSSR count). The predicted octanol–water partition coefficient (Wildman–Crippen LogP) is 1.73. The molecule has 0 saturated carbocycles. The lowest BCUT2D eigenvalue weighted by Gasteiger charge is -2.20. The van der Waals surface area contributed by atoms with E-state index in [4.69, 9.17) is 14.7 Å². The van der Waals surface area contributed by atoms with Gasteiger partial charge in [0.15, 0.2) is 12.5 Å². The first-order valence-corrected chi connectivity index (χ1v) is 5.41. The third-order valence-electron chi connectivity index (χ3n) is 1.58. The van der Waals surface area contributed by atoms with E-state index in [2.05, 4.69) is 33.0 Å². The number of ether oxygens (including phenoxy) is 2. The minimum Gasteiger partial charge on any atom is -0.350 e. The van der Waals surface area contributed by atoms with E-state index >= 15 is 0 Å². The van der Waals surface area contributed by atoms with Gasteiger partial charge in [-0.25, -0.2) is 0 Å². The minimum atomic E-state index is -0.325. The van der Waals surface area contributed by atoms with E-state index in [1.54, 1.807) is 0 Å². The maximum atomic E-state index is 8.40. The van der Waals surface area contributed by atoms with Gasteiger partial charge in [0, 0.05) is 0 Å². The normalized spacial score (nSPS) is 11.1. The fourth-order valence-corrected chi connectivity index (χ4v) is 0.894. The van der Waals surface area contributed by atoms with E-state index in [0.717, 1.165) is 0 Å². The molecule has 4 heteroatoms. The Morgan fingerprint density at radius 2 is 1.53 bits per heavy atom. The molecular weight excluding hydrogens is 192 g/mol. The molecule has 0 saturated heterocycles. The van der Waals surface area contributed by atoms with Crippen LogP contribution in [0.5, 0.6) is 0 Å². The third-order valence-corrected chi connectivity index (χ3v) is 1.58. The fourth-order valence-electron chi connectivity index (χ4n) is 0.894. The van der Waals surface area contributed by atoms with Crippen LogP contribution in [0, 0.1) is 23.3 Å². The Labute approximate surface area is 92.6 Å². The number of hydrogen-bond donors (Lipinski definition) is 1. The molecule has 0 radical (unpaired) electrons. The second-order valence-corrected chi connectivity index (χ2v) is 4.38. The molecule has 0 aliphatic heterocycles. The van der Waals surface area contributed by atoms with E-state index in [0.29, 0.717) is 31.6 Å². The SMILES string of the molecule is CC(C)COC(CNC#N)OCC(C)C. The van der Waals surface area contributed by atoms with Crippen LogP contribution in [0.1, 0.15) is 27.7 Å². The first kappa shape index (κ1) is 14.2. The van der Waals surface area contributed by atoms with Crippen molar-refractivity contribution in [2.75, 3.05) is 19.8 Å². The van der Waals surface area contributed by atoms with Crippen molar-refractivity contribution in [3.8, 4) is 6.19 Å². The van der Waals surface area contributed by atoms with E-state index in [1.165, 1.54) is 0 Å². The molecule has 4 nitrogen and oxygen atoms in total. The molecule has 0 aliphatic rings. The number of nitrogens with zero attached hydrogens (tertiary/aromatic N) is 1. The average molecular weight is 214 g/mol. The second kappa shape index (κ2) is 8.51. The van der Waals surface area contributed by atoms with Gasteiger partial charge >= 0.3 is 0 Å². The highest BCUT2D eigenvalue weighted by atomic mass is 16.7. The Kier molecular flexibility index (Phi) is 8.06. The zero-order chi connectivity index (χ0) is 11.7. The molecule has 0 aromatic carbocycles. The quantitative estimate of drug-likeness (QED) is 0.380. The van der Waals surface area contributed by atoms with Gasteiger partial charge in [-0.05, 0) is 11.8 Å². The van der Waals surface area contributed by atoms with Crippen LogP contribution in [0.3, 0.4) is 0 Å². The summed E-state index contributed by atoms with van der Waals surface area (Å²) in [5.41, 5.74) is 0. The van der Waals surface area contributed by atoms with Crippen LogP contribution in [0.2, 0.25) is 0 Å². The highest BCUT2D eigenvalue weighted by Gasteiger charge is 2.10. The van der Waals surface area contributed by atoms with E-state index in [-0.39, 0.29) is 6.29 Å². The van der Waals surface area contributed by atoms with Crippen molar-refractivity contribution in [2.24, 2.45) is 11.8 Å². The van der Waals surface area contributed by atoms with Crippen molar-refractivity contribution < 1.29 is 9.47 Å². The molecule has 88 valence electrons. The number of nitrogens with one attached hydrogen (secondary N) is 1. The van der Waals surface area contributed by atoms with Gasteiger partial charge < -0.3 is 14.8 Å². The van der Waals surface area contributed by atoms with Gasteiger partial charge in [0.25, 0.3) is 0 Å². The van der Waals surface area contributed by atoms with Gasteiger partial charge in [-0.1, -0.05) is 27.7 Å². The molecule has 0 unspecified atom stereocenters. The van der Waals surface area contributed by atoms with Crippen molar-refractivity contribution in [3.05, 3.63) is 0 Å². The van der Waals surface area contributed by atoms with E-state index in [1.807, 2.05) is 6.19 Å². The number of hydrogen-bond acceptors (Lipinski definition) is 4. The average Bonchev–Trinajstić information content (AvgIpc) is 2.16. The van der Waals surface area contributed by atoms with Crippen molar-refractivity contribution in [1.82, 2.24) is 5.32 Å². The van der Waals surface area contributed by atoms with Crippen molar-refractivity contribution in [3.63, 3.8) is 0 Å². The van der Waals surface area contributed by atoms with Gasteiger partial charge in [-0.2, -0.15) is 5.26 Å². The van der Waals surface area contributed by atoms with Gasteiger partial charge in [-0.3, -0.25) is 0 Å². The molecule has 15 heavy (non-hydrogen) atoms. The molecule has 0 bridgehead atoms. The van der Waals surface area contributed by atoms with Gasteiger partial charge in [0.05, 0.1) is 19.8 Å². The lowest BCUT2D eigenvalue weighted by Crippen LogP contribution is -2.31. The van der Waals surface area contributed by atoms with Gasteiger partial charge in [0.1, 0.15) is 0 Å². The summed E-state index contributed by atoms with van der Waals surface area (Å²) in [6.07, 6.45) is 1.54. The second-order valence-electron chi connectivity index (χ2n) is 4.38. The van der Waals surface area contributed by atoms with Crippen LogP contribution in [-0.2, 0) is 9.47 Å². The summed E-state index contributed by atoms with van der Waals surface area (Å²) in [4.78, 5) is 0. The lowest BCUT2D eigenvalue weighted by atomic mass is 10.2. The first-order valence-electron chi connectivity index (χ1n) is 5.41. The summed E-state index contributed by atoms with van der Waals surface area (Å²) < 4.78 is 11.0. The zero-order valence-electron chi connectivity index (χ0n) is 10.1. The van der Waals surface area contributed by atoms with Crippen LogP contribution < -0.4 is 5.32 Å².